The second-order valence-electron chi connectivity index (χ2n) is 8.39. The Labute approximate surface area is 197 Å². The Morgan fingerprint density at radius 3 is 1.85 bits per heavy atom. The zero-order valence-electron chi connectivity index (χ0n) is 17.9. The molecule has 0 spiro atoms. The van der Waals surface area contributed by atoms with Crippen LogP contribution < -0.4 is 4.74 Å². The maximum absolute atomic E-state index is 13.6. The highest BCUT2D eigenvalue weighted by atomic mass is 32.2. The van der Waals surface area contributed by atoms with E-state index in [-0.39, 0.29) is 9.79 Å². The van der Waals surface area contributed by atoms with E-state index in [1.165, 1.54) is 0 Å². The fraction of sp³-hybridized carbons (Fsp3) is 0. The van der Waals surface area contributed by atoms with Gasteiger partial charge in [-0.3, -0.25) is 4.98 Å². The van der Waals surface area contributed by atoms with E-state index < -0.39 is 9.84 Å². The fourth-order valence-electron chi connectivity index (χ4n) is 5.00. The Balaban J connectivity index is 1.63. The maximum atomic E-state index is 13.6. The SMILES string of the molecule is O=S1(=O)c2ccccc2Oc2cc3c(cc21)-c1ccccc1-c1ccccc1-c1cccnc1-3. The van der Waals surface area contributed by atoms with Crippen LogP contribution >= 0.6 is 0 Å². The highest BCUT2D eigenvalue weighted by molar-refractivity contribution is 7.91. The molecule has 4 aromatic carbocycles. The van der Waals surface area contributed by atoms with Gasteiger partial charge in [0.15, 0.2) is 0 Å². The van der Waals surface area contributed by atoms with Crippen molar-refractivity contribution in [3.63, 3.8) is 0 Å². The molecule has 5 heteroatoms. The van der Waals surface area contributed by atoms with E-state index in [1.807, 2.05) is 42.5 Å². The summed E-state index contributed by atoms with van der Waals surface area (Å²) in [6.45, 7) is 0. The smallest absolute Gasteiger partial charge is 0.213 e. The van der Waals surface area contributed by atoms with Crippen molar-refractivity contribution in [1.82, 2.24) is 4.98 Å². The lowest BCUT2D eigenvalue weighted by molar-refractivity contribution is 0.443. The highest BCUT2D eigenvalue weighted by Crippen LogP contribution is 2.51. The van der Waals surface area contributed by atoms with Gasteiger partial charge in [-0.05, 0) is 58.1 Å². The van der Waals surface area contributed by atoms with Crippen LogP contribution in [-0.2, 0) is 9.84 Å². The van der Waals surface area contributed by atoms with Gasteiger partial charge in [0.2, 0.25) is 9.84 Å². The van der Waals surface area contributed by atoms with E-state index in [0.29, 0.717) is 11.5 Å². The molecule has 0 saturated carbocycles. The number of ether oxygens (including phenoxy) is 1. The summed E-state index contributed by atoms with van der Waals surface area (Å²) in [5, 5.41) is 0. The summed E-state index contributed by atoms with van der Waals surface area (Å²) < 4.78 is 33.3. The third-order valence-electron chi connectivity index (χ3n) is 6.52. The van der Waals surface area contributed by atoms with Crippen LogP contribution in [0.3, 0.4) is 0 Å². The van der Waals surface area contributed by atoms with Gasteiger partial charge < -0.3 is 4.74 Å². The first-order valence-electron chi connectivity index (χ1n) is 11.0. The van der Waals surface area contributed by atoms with E-state index in [1.54, 1.807) is 36.5 Å². The molecule has 2 heterocycles. The molecular formula is C29H17NO3S. The summed E-state index contributed by atoms with van der Waals surface area (Å²) in [4.78, 5) is 5.12. The van der Waals surface area contributed by atoms with Gasteiger partial charge in [-0.2, -0.15) is 0 Å². The molecule has 0 amide bonds. The molecule has 0 atom stereocenters. The fourth-order valence-corrected chi connectivity index (χ4v) is 6.51. The normalized spacial score (nSPS) is 14.0. The lowest BCUT2D eigenvalue weighted by Gasteiger charge is -2.26. The van der Waals surface area contributed by atoms with E-state index in [9.17, 15) is 8.42 Å². The molecule has 0 bridgehead atoms. The van der Waals surface area contributed by atoms with Crippen molar-refractivity contribution in [2.45, 2.75) is 9.79 Å². The molecule has 7 rings (SSSR count). The molecule has 0 unspecified atom stereocenters. The summed E-state index contributed by atoms with van der Waals surface area (Å²) in [5.74, 6) is 0.660. The van der Waals surface area contributed by atoms with Crippen molar-refractivity contribution in [2.75, 3.05) is 0 Å². The minimum Gasteiger partial charge on any atom is -0.455 e. The van der Waals surface area contributed by atoms with Crippen molar-refractivity contribution >= 4 is 9.84 Å². The van der Waals surface area contributed by atoms with E-state index in [4.69, 9.17) is 9.72 Å². The average Bonchev–Trinajstić information content (AvgIpc) is 2.87. The van der Waals surface area contributed by atoms with Crippen molar-refractivity contribution in [1.29, 1.82) is 0 Å². The predicted molar refractivity (Wildman–Crippen MR) is 132 cm³/mol. The topological polar surface area (TPSA) is 56.3 Å². The van der Waals surface area contributed by atoms with Crippen LogP contribution in [0.2, 0.25) is 0 Å². The third kappa shape index (κ3) is 2.59. The van der Waals surface area contributed by atoms with Crippen LogP contribution in [0.15, 0.2) is 113 Å². The lowest BCUT2D eigenvalue weighted by Crippen LogP contribution is -2.12. The monoisotopic (exact) mass is 459 g/mol. The number of hydrogen-bond donors (Lipinski definition) is 0. The number of hydrogen-bond acceptors (Lipinski definition) is 4. The Kier molecular flexibility index (Phi) is 3.90. The molecule has 2 aliphatic rings. The van der Waals surface area contributed by atoms with Crippen LogP contribution in [0.1, 0.15) is 0 Å². The lowest BCUT2D eigenvalue weighted by atomic mass is 9.83. The first-order valence-corrected chi connectivity index (χ1v) is 12.5. The molecule has 34 heavy (non-hydrogen) atoms. The van der Waals surface area contributed by atoms with Gasteiger partial charge in [0.05, 0.1) is 5.69 Å². The average molecular weight is 460 g/mol. The second-order valence-corrected chi connectivity index (χ2v) is 10.3. The minimum atomic E-state index is -3.74. The zero-order valence-corrected chi connectivity index (χ0v) is 18.7. The zero-order chi connectivity index (χ0) is 22.9. The Bertz CT molecular complexity index is 1760. The van der Waals surface area contributed by atoms with Crippen molar-refractivity contribution in [3.8, 4) is 56.1 Å². The molecule has 0 N–H and O–H groups in total. The summed E-state index contributed by atoms with van der Waals surface area (Å²) in [7, 11) is -3.74. The molecule has 1 aliphatic heterocycles. The third-order valence-corrected chi connectivity index (χ3v) is 8.33. The van der Waals surface area contributed by atoms with Crippen molar-refractivity contribution < 1.29 is 13.2 Å². The molecule has 162 valence electrons. The minimum absolute atomic E-state index is 0.172. The van der Waals surface area contributed by atoms with Crippen LogP contribution in [0.4, 0.5) is 0 Å². The predicted octanol–water partition coefficient (Wildman–Crippen LogP) is 7.00. The van der Waals surface area contributed by atoms with Crippen LogP contribution in [0.5, 0.6) is 11.5 Å². The van der Waals surface area contributed by atoms with Gasteiger partial charge in [-0.1, -0.05) is 66.7 Å². The first kappa shape index (κ1) is 19.3. The van der Waals surface area contributed by atoms with E-state index in [0.717, 1.165) is 44.6 Å². The highest BCUT2D eigenvalue weighted by Gasteiger charge is 2.34. The van der Waals surface area contributed by atoms with Gasteiger partial charge in [-0.15, -0.1) is 0 Å². The summed E-state index contributed by atoms with van der Waals surface area (Å²) >= 11 is 0. The van der Waals surface area contributed by atoms with Gasteiger partial charge in [-0.25, -0.2) is 8.42 Å². The molecule has 0 radical (unpaired) electrons. The Morgan fingerprint density at radius 1 is 0.529 bits per heavy atom. The van der Waals surface area contributed by atoms with Crippen molar-refractivity contribution in [3.05, 3.63) is 103 Å². The van der Waals surface area contributed by atoms with Crippen molar-refractivity contribution in [2.24, 2.45) is 0 Å². The summed E-state index contributed by atoms with van der Waals surface area (Å²) in [5.41, 5.74) is 7.61. The summed E-state index contributed by atoms with van der Waals surface area (Å²) in [6, 6.07) is 30.7. The van der Waals surface area contributed by atoms with Gasteiger partial charge in [0.1, 0.15) is 21.3 Å². The Hall–Kier alpha value is -4.22. The van der Waals surface area contributed by atoms with Crippen LogP contribution in [0, 0.1) is 0 Å². The Morgan fingerprint density at radius 2 is 1.12 bits per heavy atom. The molecule has 5 aromatic rings. The first-order chi connectivity index (χ1) is 16.6. The number of para-hydroxylation sites is 1. The molecule has 4 nitrogen and oxygen atoms in total. The van der Waals surface area contributed by atoms with E-state index in [2.05, 4.69) is 24.3 Å². The maximum Gasteiger partial charge on any atom is 0.213 e. The number of rotatable bonds is 0. The van der Waals surface area contributed by atoms with Gasteiger partial charge >= 0.3 is 0 Å². The number of pyridine rings is 1. The molecular weight excluding hydrogens is 442 g/mol. The molecule has 0 saturated heterocycles. The van der Waals surface area contributed by atoms with Crippen LogP contribution in [-0.4, -0.2) is 13.4 Å². The second kappa shape index (κ2) is 6.89. The van der Waals surface area contributed by atoms with E-state index >= 15 is 0 Å². The molecule has 1 aliphatic carbocycles. The summed E-state index contributed by atoms with van der Waals surface area (Å²) in [6.07, 6.45) is 1.77. The standard InChI is InChI=1S/C29H17NO3S/c31-34(32)27-14-6-5-13-25(27)33-26-16-24-23(17-28(26)34)21-11-4-2-9-19(21)18-8-1-3-10-20(18)22-12-7-15-30-29(22)24/h1-17H. The van der Waals surface area contributed by atoms with Gasteiger partial charge in [0.25, 0.3) is 0 Å². The number of nitrogens with zero attached hydrogens (tertiary/aromatic N) is 1. The number of sulfone groups is 1. The number of benzene rings is 4. The molecule has 1 aromatic heterocycles. The molecule has 0 fully saturated rings. The number of fused-ring (bicyclic) bond motifs is 10. The van der Waals surface area contributed by atoms with Gasteiger partial charge in [0, 0.05) is 17.3 Å². The largest absolute Gasteiger partial charge is 0.455 e. The van der Waals surface area contributed by atoms with Crippen LogP contribution in [0.25, 0.3) is 44.6 Å². The number of aromatic nitrogens is 1. The quantitative estimate of drug-likeness (QED) is 0.245.